The first-order valence-corrected chi connectivity index (χ1v) is 6.98. The molecular weight excluding hydrogens is 344 g/mol. The average Bonchev–Trinajstić information content (AvgIpc) is 2.33. The Morgan fingerprint density at radius 1 is 1.43 bits per heavy atom. The molecule has 1 aromatic rings. The van der Waals surface area contributed by atoms with Crippen molar-refractivity contribution in [2.45, 2.75) is 26.4 Å². The van der Waals surface area contributed by atoms with Crippen LogP contribution in [0.3, 0.4) is 0 Å². The van der Waals surface area contributed by atoms with E-state index in [9.17, 15) is 14.9 Å². The highest BCUT2D eigenvalue weighted by molar-refractivity contribution is 9.10. The predicted molar refractivity (Wildman–Crippen MR) is 81.3 cm³/mol. The van der Waals surface area contributed by atoms with Crippen LogP contribution in [0.2, 0.25) is 0 Å². The Morgan fingerprint density at radius 3 is 2.67 bits per heavy atom. The number of halogens is 1. The fourth-order valence-electron chi connectivity index (χ4n) is 1.40. The van der Waals surface area contributed by atoms with Crippen LogP contribution in [0.15, 0.2) is 16.9 Å². The van der Waals surface area contributed by atoms with Crippen LogP contribution in [-0.4, -0.2) is 34.7 Å². The SMILES string of the molecule is CC(C)(C)OC(=O)NCCNc1c(Br)cncc1[N+](=O)[O-]. The zero-order valence-corrected chi connectivity index (χ0v) is 13.6. The Morgan fingerprint density at radius 2 is 2.10 bits per heavy atom. The van der Waals surface area contributed by atoms with Crippen LogP contribution in [0.1, 0.15) is 20.8 Å². The van der Waals surface area contributed by atoms with Crippen molar-refractivity contribution in [2.24, 2.45) is 0 Å². The molecule has 1 rings (SSSR count). The molecule has 0 spiro atoms. The lowest BCUT2D eigenvalue weighted by Gasteiger charge is -2.19. The number of carbonyl (C=O) groups is 1. The van der Waals surface area contributed by atoms with E-state index in [2.05, 4.69) is 31.5 Å². The Balaban J connectivity index is 2.50. The van der Waals surface area contributed by atoms with Crippen molar-refractivity contribution in [3.8, 4) is 0 Å². The molecule has 2 N–H and O–H groups in total. The molecule has 0 aliphatic rings. The molecule has 0 aromatic carbocycles. The van der Waals surface area contributed by atoms with E-state index in [-0.39, 0.29) is 12.2 Å². The minimum Gasteiger partial charge on any atom is -0.444 e. The zero-order chi connectivity index (χ0) is 16.0. The number of rotatable bonds is 5. The second-order valence-electron chi connectivity index (χ2n) is 5.13. The third kappa shape index (κ3) is 5.94. The highest BCUT2D eigenvalue weighted by atomic mass is 79.9. The number of hydrogen-bond donors (Lipinski definition) is 2. The predicted octanol–water partition coefficient (Wildman–Crippen LogP) is 2.69. The Labute approximate surface area is 130 Å². The number of anilines is 1. The van der Waals surface area contributed by atoms with E-state index in [1.165, 1.54) is 6.20 Å². The molecule has 0 fully saturated rings. The van der Waals surface area contributed by atoms with Gasteiger partial charge in [-0.05, 0) is 36.7 Å². The minimum atomic E-state index is -0.565. The van der Waals surface area contributed by atoms with Gasteiger partial charge in [0.05, 0.1) is 9.40 Å². The summed E-state index contributed by atoms with van der Waals surface area (Å²) in [5.41, 5.74) is -0.382. The van der Waals surface area contributed by atoms with Crippen molar-refractivity contribution in [1.29, 1.82) is 0 Å². The van der Waals surface area contributed by atoms with Crippen LogP contribution in [0.5, 0.6) is 0 Å². The Bertz CT molecular complexity index is 530. The molecule has 0 unspecified atom stereocenters. The fraction of sp³-hybridized carbons (Fsp3) is 0.500. The average molecular weight is 361 g/mol. The molecule has 0 radical (unpaired) electrons. The summed E-state index contributed by atoms with van der Waals surface area (Å²) < 4.78 is 5.55. The number of aromatic nitrogens is 1. The molecule has 0 aliphatic carbocycles. The van der Waals surface area contributed by atoms with Crippen molar-refractivity contribution in [1.82, 2.24) is 10.3 Å². The van der Waals surface area contributed by atoms with Crippen LogP contribution in [0, 0.1) is 10.1 Å². The van der Waals surface area contributed by atoms with Crippen molar-refractivity contribution in [3.63, 3.8) is 0 Å². The van der Waals surface area contributed by atoms with Gasteiger partial charge in [-0.1, -0.05) is 0 Å². The van der Waals surface area contributed by atoms with Crippen LogP contribution < -0.4 is 10.6 Å². The topological polar surface area (TPSA) is 106 Å². The zero-order valence-electron chi connectivity index (χ0n) is 12.0. The van der Waals surface area contributed by atoms with Gasteiger partial charge >= 0.3 is 11.8 Å². The normalized spacial score (nSPS) is 10.9. The number of amides is 1. The maximum atomic E-state index is 11.4. The van der Waals surface area contributed by atoms with Gasteiger partial charge in [0.2, 0.25) is 0 Å². The molecule has 0 aliphatic heterocycles. The number of carbonyl (C=O) groups excluding carboxylic acids is 1. The number of nitrogens with zero attached hydrogens (tertiary/aromatic N) is 2. The van der Waals surface area contributed by atoms with Gasteiger partial charge in [-0.3, -0.25) is 15.1 Å². The lowest BCUT2D eigenvalue weighted by Crippen LogP contribution is -2.35. The van der Waals surface area contributed by atoms with Gasteiger partial charge in [-0.2, -0.15) is 0 Å². The fourth-order valence-corrected chi connectivity index (χ4v) is 1.87. The van der Waals surface area contributed by atoms with Gasteiger partial charge in [0.25, 0.3) is 0 Å². The molecule has 1 heterocycles. The van der Waals surface area contributed by atoms with Crippen LogP contribution in [-0.2, 0) is 4.74 Å². The van der Waals surface area contributed by atoms with E-state index in [1.807, 2.05) is 0 Å². The van der Waals surface area contributed by atoms with Gasteiger partial charge < -0.3 is 15.4 Å². The standard InChI is InChI=1S/C12H17BrN4O4/c1-12(2,3)21-11(18)16-5-4-15-10-8(13)6-14-7-9(10)17(19)20/h6-7H,4-5H2,1-3H3,(H,14,15)(H,16,18). The molecule has 21 heavy (non-hydrogen) atoms. The summed E-state index contributed by atoms with van der Waals surface area (Å²) in [6, 6.07) is 0. The third-order valence-electron chi connectivity index (χ3n) is 2.17. The van der Waals surface area contributed by atoms with Crippen LogP contribution >= 0.6 is 15.9 Å². The summed E-state index contributed by atoms with van der Waals surface area (Å²) in [6.45, 7) is 5.87. The maximum absolute atomic E-state index is 11.4. The Kier molecular flexibility index (Phi) is 5.89. The van der Waals surface area contributed by atoms with E-state index >= 15 is 0 Å². The molecule has 116 valence electrons. The van der Waals surface area contributed by atoms with E-state index in [4.69, 9.17) is 4.74 Å². The molecule has 1 amide bonds. The van der Waals surface area contributed by atoms with E-state index < -0.39 is 16.6 Å². The third-order valence-corrected chi connectivity index (χ3v) is 2.77. The number of nitro groups is 1. The van der Waals surface area contributed by atoms with Gasteiger partial charge in [0.1, 0.15) is 17.5 Å². The van der Waals surface area contributed by atoms with Crippen molar-refractivity contribution < 1.29 is 14.5 Å². The molecular formula is C12H17BrN4O4. The summed E-state index contributed by atoms with van der Waals surface area (Å²) in [5, 5.41) is 16.3. The monoisotopic (exact) mass is 360 g/mol. The van der Waals surface area contributed by atoms with Crippen molar-refractivity contribution in [2.75, 3.05) is 18.4 Å². The van der Waals surface area contributed by atoms with E-state index in [0.29, 0.717) is 16.7 Å². The molecule has 0 bridgehead atoms. The summed E-state index contributed by atoms with van der Waals surface area (Å²) in [6.07, 6.45) is 2.08. The van der Waals surface area contributed by atoms with Gasteiger partial charge in [0, 0.05) is 19.3 Å². The first kappa shape index (κ1) is 17.2. The van der Waals surface area contributed by atoms with Gasteiger partial charge in [-0.25, -0.2) is 4.79 Å². The molecule has 0 saturated carbocycles. The minimum absolute atomic E-state index is 0.137. The summed E-state index contributed by atoms with van der Waals surface area (Å²) >= 11 is 3.19. The molecule has 9 heteroatoms. The number of ether oxygens (including phenoxy) is 1. The van der Waals surface area contributed by atoms with Gasteiger partial charge in [-0.15, -0.1) is 0 Å². The lowest BCUT2D eigenvalue weighted by atomic mass is 10.2. The van der Waals surface area contributed by atoms with E-state index in [0.717, 1.165) is 6.20 Å². The van der Waals surface area contributed by atoms with Gasteiger partial charge in [0.15, 0.2) is 0 Å². The quantitative estimate of drug-likeness (QED) is 0.474. The highest BCUT2D eigenvalue weighted by Crippen LogP contribution is 2.30. The van der Waals surface area contributed by atoms with Crippen molar-refractivity contribution >= 4 is 33.4 Å². The number of alkyl carbamates (subject to hydrolysis) is 1. The first-order chi connectivity index (χ1) is 9.70. The maximum Gasteiger partial charge on any atom is 0.407 e. The smallest absolute Gasteiger partial charge is 0.407 e. The lowest BCUT2D eigenvalue weighted by molar-refractivity contribution is -0.384. The second-order valence-corrected chi connectivity index (χ2v) is 5.98. The molecule has 0 saturated heterocycles. The number of hydrogen-bond acceptors (Lipinski definition) is 6. The van der Waals surface area contributed by atoms with Crippen molar-refractivity contribution in [3.05, 3.63) is 27.0 Å². The number of nitrogens with one attached hydrogen (secondary N) is 2. The largest absolute Gasteiger partial charge is 0.444 e. The molecule has 8 nitrogen and oxygen atoms in total. The second kappa shape index (κ2) is 7.21. The first-order valence-electron chi connectivity index (χ1n) is 6.19. The Hall–Kier alpha value is -1.90. The molecule has 0 atom stereocenters. The summed E-state index contributed by atoms with van der Waals surface area (Å²) in [4.78, 5) is 25.5. The van der Waals surface area contributed by atoms with E-state index in [1.54, 1.807) is 20.8 Å². The highest BCUT2D eigenvalue weighted by Gasteiger charge is 2.18. The summed E-state index contributed by atoms with van der Waals surface area (Å²) in [5.74, 6) is 0. The number of pyridine rings is 1. The summed E-state index contributed by atoms with van der Waals surface area (Å²) in [7, 11) is 0. The molecule has 1 aromatic heterocycles. The van der Waals surface area contributed by atoms with Crippen LogP contribution in [0.4, 0.5) is 16.2 Å². The van der Waals surface area contributed by atoms with Crippen LogP contribution in [0.25, 0.3) is 0 Å².